The standard InChI is InChI=1S/C44H66N14O10S/c1-25(45)38(63)54-26(2)39(64)50-23-35(60)55-31(17-19-69-4)41(66)51-24-36(61)56-33(21-29-14-9-6-10-15-29)43(68)58-32(20-28-12-7-5-8-13-28)42(67)52-22-34(59)53-27(3)40(65)57-30(37(46)62)16-11-18-49-44(47)48/h5-10,12-15,25-27,30-33H,11,16-24,45H2,1-4H3,(H2,46,62)(H,50,64)(H,51,66)(H,52,67)(H,53,59)(H,54,63)(H,55,60)(H,56,61)(H,57,65)(H,58,68)(H4,47,48,49)/t25-,26-,27-,30-,31-,32-,33-/m0/s1. The zero-order chi connectivity index (χ0) is 51.5. The summed E-state index contributed by atoms with van der Waals surface area (Å²) in [5.74, 6) is -6.98. The van der Waals surface area contributed by atoms with E-state index in [4.69, 9.17) is 22.9 Å². The minimum absolute atomic E-state index is 0.0332. The fraction of sp³-hybridized carbons (Fsp3) is 0.477. The highest BCUT2D eigenvalue weighted by Gasteiger charge is 2.30. The Morgan fingerprint density at radius 2 is 0.971 bits per heavy atom. The van der Waals surface area contributed by atoms with Gasteiger partial charge < -0.3 is 70.8 Å². The van der Waals surface area contributed by atoms with Crippen LogP contribution in [0, 0.1) is 0 Å². The van der Waals surface area contributed by atoms with E-state index in [1.54, 1.807) is 66.9 Å². The molecule has 0 bridgehead atoms. The van der Waals surface area contributed by atoms with Gasteiger partial charge in [-0.05, 0) is 63.2 Å². The average molecular weight is 983 g/mol. The fourth-order valence-electron chi connectivity index (χ4n) is 6.14. The zero-order valence-electron chi connectivity index (χ0n) is 39.1. The third-order valence-corrected chi connectivity index (χ3v) is 10.6. The Hall–Kier alpha value is -7.28. The molecule has 10 amide bonds. The van der Waals surface area contributed by atoms with E-state index in [1.807, 2.05) is 0 Å². The lowest BCUT2D eigenvalue weighted by atomic mass is 10.0. The second kappa shape index (κ2) is 30.9. The van der Waals surface area contributed by atoms with E-state index >= 15 is 0 Å². The summed E-state index contributed by atoms with van der Waals surface area (Å²) in [4.78, 5) is 133. The maximum absolute atomic E-state index is 14.0. The number of carbonyl (C=O) groups excluding carboxylic acids is 10. The minimum Gasteiger partial charge on any atom is -0.370 e. The third kappa shape index (κ3) is 23.3. The quantitative estimate of drug-likeness (QED) is 0.0199. The Labute approximate surface area is 404 Å². The number of carbonyl (C=O) groups is 10. The van der Waals surface area contributed by atoms with Gasteiger partial charge in [0.25, 0.3) is 0 Å². The molecule has 24 nitrogen and oxygen atoms in total. The topological polar surface area (TPSA) is 395 Å². The van der Waals surface area contributed by atoms with Gasteiger partial charge in [-0.1, -0.05) is 60.7 Å². The molecule has 0 aliphatic carbocycles. The van der Waals surface area contributed by atoms with E-state index in [0.717, 1.165) is 0 Å². The Balaban J connectivity index is 2.14. The van der Waals surface area contributed by atoms with E-state index in [1.165, 1.54) is 32.5 Å². The molecule has 378 valence electrons. The molecule has 0 radical (unpaired) electrons. The highest BCUT2D eigenvalue weighted by atomic mass is 32.2. The number of nitrogens with zero attached hydrogens (tertiary/aromatic N) is 1. The number of nitrogens with two attached hydrogens (primary N) is 4. The van der Waals surface area contributed by atoms with Crippen molar-refractivity contribution in [3.63, 3.8) is 0 Å². The van der Waals surface area contributed by atoms with E-state index in [2.05, 4.69) is 52.8 Å². The minimum atomic E-state index is -1.28. The largest absolute Gasteiger partial charge is 0.370 e. The lowest BCUT2D eigenvalue weighted by Crippen LogP contribution is -2.57. The number of thioether (sulfide) groups is 1. The number of rotatable bonds is 30. The van der Waals surface area contributed by atoms with Gasteiger partial charge in [0.2, 0.25) is 59.1 Å². The summed E-state index contributed by atoms with van der Waals surface area (Å²) in [5.41, 5.74) is 22.9. The van der Waals surface area contributed by atoms with Crippen LogP contribution in [0.2, 0.25) is 0 Å². The van der Waals surface area contributed by atoms with E-state index < -0.39 is 121 Å². The molecular formula is C44H66N14O10S. The second-order valence-electron chi connectivity index (χ2n) is 15.8. The van der Waals surface area contributed by atoms with Crippen molar-refractivity contribution < 1.29 is 47.9 Å². The predicted molar refractivity (Wildman–Crippen MR) is 258 cm³/mol. The Kier molecular flexibility index (Phi) is 25.9. The lowest BCUT2D eigenvalue weighted by molar-refractivity contribution is -0.133. The molecule has 2 aromatic rings. The summed E-state index contributed by atoms with van der Waals surface area (Å²) in [6.45, 7) is 2.67. The van der Waals surface area contributed by atoms with Crippen LogP contribution in [-0.2, 0) is 60.8 Å². The first kappa shape index (κ1) is 57.8. The molecule has 0 aliphatic heterocycles. The number of hydrogen-bond donors (Lipinski definition) is 13. The number of nitrogens with one attached hydrogen (secondary N) is 9. The monoisotopic (exact) mass is 982 g/mol. The normalized spacial score (nSPS) is 13.7. The van der Waals surface area contributed by atoms with Gasteiger partial charge in [0.1, 0.15) is 36.3 Å². The lowest BCUT2D eigenvalue weighted by Gasteiger charge is -2.24. The number of benzene rings is 2. The number of aliphatic imine (C=N–C) groups is 1. The fourth-order valence-corrected chi connectivity index (χ4v) is 6.61. The SMILES string of the molecule is CSCC[C@H](NC(=O)CNC(=O)[C@H](C)NC(=O)[C@H](C)N)C(=O)NCC(=O)N[C@@H](Cc1ccccc1)C(=O)N[C@@H](Cc1ccccc1)C(=O)NCC(=O)N[C@@H](C)C(=O)N[C@@H](CCCN=C(N)N)C(N)=O. The molecule has 25 heteroatoms. The second-order valence-corrected chi connectivity index (χ2v) is 16.8. The van der Waals surface area contributed by atoms with Gasteiger partial charge in [0.15, 0.2) is 5.96 Å². The van der Waals surface area contributed by atoms with E-state index in [-0.39, 0.29) is 38.2 Å². The molecule has 69 heavy (non-hydrogen) atoms. The van der Waals surface area contributed by atoms with Crippen molar-refractivity contribution in [2.45, 2.75) is 95.2 Å². The van der Waals surface area contributed by atoms with Crippen molar-refractivity contribution in [2.75, 3.05) is 38.2 Å². The van der Waals surface area contributed by atoms with Crippen LogP contribution in [0.4, 0.5) is 0 Å². The van der Waals surface area contributed by atoms with Crippen molar-refractivity contribution in [2.24, 2.45) is 27.9 Å². The van der Waals surface area contributed by atoms with Crippen molar-refractivity contribution in [3.8, 4) is 0 Å². The first-order valence-electron chi connectivity index (χ1n) is 22.0. The Morgan fingerprint density at radius 3 is 1.46 bits per heavy atom. The van der Waals surface area contributed by atoms with Crippen LogP contribution >= 0.6 is 11.8 Å². The van der Waals surface area contributed by atoms with Crippen LogP contribution in [0.3, 0.4) is 0 Å². The van der Waals surface area contributed by atoms with Crippen LogP contribution in [0.1, 0.15) is 51.2 Å². The molecule has 17 N–H and O–H groups in total. The molecule has 0 fully saturated rings. The zero-order valence-corrected chi connectivity index (χ0v) is 39.9. The van der Waals surface area contributed by atoms with E-state index in [9.17, 15) is 47.9 Å². The molecule has 0 unspecified atom stereocenters. The van der Waals surface area contributed by atoms with Gasteiger partial charge in [0, 0.05) is 19.4 Å². The molecule has 0 heterocycles. The van der Waals surface area contributed by atoms with Gasteiger partial charge in [-0.2, -0.15) is 11.8 Å². The summed E-state index contributed by atoms with van der Waals surface area (Å²) in [7, 11) is 0. The molecule has 0 saturated heterocycles. The van der Waals surface area contributed by atoms with Gasteiger partial charge in [-0.25, -0.2) is 0 Å². The van der Waals surface area contributed by atoms with Crippen molar-refractivity contribution in [3.05, 3.63) is 71.8 Å². The first-order valence-corrected chi connectivity index (χ1v) is 23.4. The summed E-state index contributed by atoms with van der Waals surface area (Å²) in [6, 6.07) is 9.61. The number of amides is 10. The first-order chi connectivity index (χ1) is 32.7. The van der Waals surface area contributed by atoms with Gasteiger partial charge in [-0.15, -0.1) is 0 Å². The van der Waals surface area contributed by atoms with Crippen molar-refractivity contribution in [1.82, 2.24) is 47.9 Å². The summed E-state index contributed by atoms with van der Waals surface area (Å²) < 4.78 is 0. The molecule has 2 aromatic carbocycles. The highest BCUT2D eigenvalue weighted by molar-refractivity contribution is 7.98. The van der Waals surface area contributed by atoms with Gasteiger partial charge in [0.05, 0.1) is 25.7 Å². The van der Waals surface area contributed by atoms with Gasteiger partial charge >= 0.3 is 0 Å². The average Bonchev–Trinajstić information content (AvgIpc) is 3.31. The summed E-state index contributed by atoms with van der Waals surface area (Å²) >= 11 is 1.40. The smallest absolute Gasteiger partial charge is 0.243 e. The van der Waals surface area contributed by atoms with Gasteiger partial charge in [-0.3, -0.25) is 52.9 Å². The molecule has 0 aliphatic rings. The van der Waals surface area contributed by atoms with Crippen LogP contribution < -0.4 is 70.8 Å². The van der Waals surface area contributed by atoms with E-state index in [0.29, 0.717) is 23.3 Å². The summed E-state index contributed by atoms with van der Waals surface area (Å²) in [6.07, 6.45) is 2.34. The molecular weight excluding hydrogens is 917 g/mol. The van der Waals surface area contributed by atoms with Crippen LogP contribution in [-0.4, -0.2) is 146 Å². The van der Waals surface area contributed by atoms with Crippen molar-refractivity contribution >= 4 is 76.8 Å². The Bertz CT molecular complexity index is 2090. The predicted octanol–water partition coefficient (Wildman–Crippen LogP) is -4.59. The van der Waals surface area contributed by atoms with Crippen LogP contribution in [0.5, 0.6) is 0 Å². The van der Waals surface area contributed by atoms with Crippen LogP contribution in [0.15, 0.2) is 65.7 Å². The highest BCUT2D eigenvalue weighted by Crippen LogP contribution is 2.08. The molecule has 7 atom stereocenters. The number of primary amides is 1. The van der Waals surface area contributed by atoms with Crippen LogP contribution in [0.25, 0.3) is 0 Å². The maximum Gasteiger partial charge on any atom is 0.243 e. The molecule has 2 rings (SSSR count). The molecule has 0 saturated carbocycles. The number of hydrogen-bond acceptors (Lipinski definition) is 13. The number of guanidine groups is 1. The molecule has 0 aromatic heterocycles. The summed E-state index contributed by atoms with van der Waals surface area (Å²) in [5, 5.41) is 22.5. The maximum atomic E-state index is 14.0. The molecule has 0 spiro atoms. The van der Waals surface area contributed by atoms with Crippen molar-refractivity contribution in [1.29, 1.82) is 0 Å². The Morgan fingerprint density at radius 1 is 0.522 bits per heavy atom. The third-order valence-electron chi connectivity index (χ3n) is 9.92.